The van der Waals surface area contributed by atoms with E-state index >= 15 is 0 Å². The zero-order valence-electron chi connectivity index (χ0n) is 10.2. The molecule has 5 nitrogen and oxygen atoms in total. The van der Waals surface area contributed by atoms with Gasteiger partial charge >= 0.3 is 5.97 Å². The summed E-state index contributed by atoms with van der Waals surface area (Å²) in [5.41, 5.74) is 0.170. The monoisotopic (exact) mass is 262 g/mol. The van der Waals surface area contributed by atoms with Crippen LogP contribution in [0.1, 0.15) is 40.4 Å². The van der Waals surface area contributed by atoms with Crippen LogP contribution in [0.2, 0.25) is 0 Å². The number of fused-ring (bicyclic) bond motifs is 1. The van der Waals surface area contributed by atoms with Gasteiger partial charge in [0, 0.05) is 0 Å². The van der Waals surface area contributed by atoms with Crippen LogP contribution < -0.4 is 5.56 Å². The number of rotatable bonds is 2. The number of carbonyl (C=O) groups is 1. The molecule has 0 amide bonds. The van der Waals surface area contributed by atoms with Gasteiger partial charge in [-0.2, -0.15) is 0 Å². The summed E-state index contributed by atoms with van der Waals surface area (Å²) >= 11 is 0. The van der Waals surface area contributed by atoms with E-state index in [0.717, 1.165) is 23.4 Å². The van der Waals surface area contributed by atoms with E-state index in [0.29, 0.717) is 11.2 Å². The van der Waals surface area contributed by atoms with Crippen molar-refractivity contribution in [2.75, 3.05) is 0 Å². The van der Waals surface area contributed by atoms with E-state index in [9.17, 15) is 14.0 Å². The third-order valence-corrected chi connectivity index (χ3v) is 3.34. The molecule has 0 saturated heterocycles. The molecule has 1 fully saturated rings. The molecule has 98 valence electrons. The third kappa shape index (κ3) is 1.80. The lowest BCUT2D eigenvalue weighted by Crippen LogP contribution is -2.24. The Balaban J connectivity index is 2.45. The Kier molecular flexibility index (Phi) is 2.41. The molecule has 2 aromatic heterocycles. The Morgan fingerprint density at radius 3 is 2.79 bits per heavy atom. The lowest BCUT2D eigenvalue weighted by molar-refractivity contribution is 0.0694. The van der Waals surface area contributed by atoms with Crippen molar-refractivity contribution < 1.29 is 14.3 Å². The summed E-state index contributed by atoms with van der Waals surface area (Å²) in [5.74, 6) is -1.72. The Morgan fingerprint density at radius 1 is 1.53 bits per heavy atom. The van der Waals surface area contributed by atoms with Crippen LogP contribution in [-0.4, -0.2) is 20.5 Å². The molecule has 0 unspecified atom stereocenters. The van der Waals surface area contributed by atoms with Gasteiger partial charge < -0.3 is 5.11 Å². The zero-order chi connectivity index (χ0) is 13.7. The number of aryl methyl sites for hydroxylation is 1. The highest BCUT2D eigenvalue weighted by Gasteiger charge is 2.29. The van der Waals surface area contributed by atoms with Gasteiger partial charge in [0.25, 0.3) is 5.56 Å². The minimum Gasteiger partial charge on any atom is -0.477 e. The maximum Gasteiger partial charge on any atom is 0.341 e. The highest BCUT2D eigenvalue weighted by molar-refractivity contribution is 5.88. The molecule has 2 aromatic rings. The van der Waals surface area contributed by atoms with Gasteiger partial charge in [0.2, 0.25) is 0 Å². The minimum atomic E-state index is -1.30. The van der Waals surface area contributed by atoms with Gasteiger partial charge in [-0.15, -0.1) is 0 Å². The molecule has 0 radical (unpaired) electrons. The van der Waals surface area contributed by atoms with Crippen molar-refractivity contribution in [3.05, 3.63) is 45.3 Å². The molecule has 6 heteroatoms. The maximum absolute atomic E-state index is 13.5. The fourth-order valence-corrected chi connectivity index (χ4v) is 2.15. The molecule has 1 aliphatic carbocycles. The first-order chi connectivity index (χ1) is 8.99. The normalized spacial score (nSPS) is 14.8. The Hall–Kier alpha value is -2.24. The van der Waals surface area contributed by atoms with Crippen molar-refractivity contribution in [1.82, 2.24) is 9.38 Å². The highest BCUT2D eigenvalue weighted by atomic mass is 19.1. The predicted molar refractivity (Wildman–Crippen MR) is 65.1 cm³/mol. The molecular weight excluding hydrogens is 251 g/mol. The SMILES string of the molecule is Cc1nc2c(C3CC3)cc(C(=O)O)c(=O)n2cc1F. The summed E-state index contributed by atoms with van der Waals surface area (Å²) in [6.07, 6.45) is 2.88. The molecule has 3 rings (SSSR count). The van der Waals surface area contributed by atoms with Gasteiger partial charge in [0.15, 0.2) is 5.82 Å². The van der Waals surface area contributed by atoms with Crippen LogP contribution in [0.3, 0.4) is 0 Å². The molecule has 19 heavy (non-hydrogen) atoms. The van der Waals surface area contributed by atoms with E-state index in [1.165, 1.54) is 13.0 Å². The van der Waals surface area contributed by atoms with Crippen molar-refractivity contribution >= 4 is 11.6 Å². The largest absolute Gasteiger partial charge is 0.477 e. The summed E-state index contributed by atoms with van der Waals surface area (Å²) < 4.78 is 14.5. The van der Waals surface area contributed by atoms with E-state index in [1.807, 2.05) is 0 Å². The van der Waals surface area contributed by atoms with Crippen molar-refractivity contribution in [2.45, 2.75) is 25.7 Å². The van der Waals surface area contributed by atoms with Gasteiger partial charge in [-0.1, -0.05) is 0 Å². The maximum atomic E-state index is 13.5. The second kappa shape index (κ2) is 3.88. The number of hydrogen-bond donors (Lipinski definition) is 1. The van der Waals surface area contributed by atoms with E-state index in [2.05, 4.69) is 4.98 Å². The fourth-order valence-electron chi connectivity index (χ4n) is 2.15. The highest BCUT2D eigenvalue weighted by Crippen LogP contribution is 2.41. The number of nitrogens with zero attached hydrogens (tertiary/aromatic N) is 2. The van der Waals surface area contributed by atoms with Crippen molar-refractivity contribution in [1.29, 1.82) is 0 Å². The minimum absolute atomic E-state index is 0.198. The Morgan fingerprint density at radius 2 is 2.21 bits per heavy atom. The molecule has 0 atom stereocenters. The number of carboxylic acid groups (broad SMARTS) is 1. The number of aromatic nitrogens is 2. The lowest BCUT2D eigenvalue weighted by atomic mass is 10.1. The summed E-state index contributed by atoms with van der Waals surface area (Å²) in [6, 6.07) is 1.38. The Labute approximate surface area is 107 Å². The van der Waals surface area contributed by atoms with E-state index < -0.39 is 17.3 Å². The molecule has 0 spiro atoms. The van der Waals surface area contributed by atoms with Gasteiger partial charge in [-0.05, 0) is 37.3 Å². The summed E-state index contributed by atoms with van der Waals surface area (Å²) in [6.45, 7) is 1.52. The Bertz CT molecular complexity index is 763. The molecule has 1 aliphatic rings. The topological polar surface area (TPSA) is 71.7 Å². The molecule has 2 heterocycles. The molecule has 1 saturated carbocycles. The fraction of sp³-hybridized carbons (Fsp3) is 0.308. The van der Waals surface area contributed by atoms with Crippen LogP contribution in [0.5, 0.6) is 0 Å². The van der Waals surface area contributed by atoms with Crippen LogP contribution in [0, 0.1) is 12.7 Å². The first-order valence-corrected chi connectivity index (χ1v) is 5.94. The molecule has 0 bridgehead atoms. The van der Waals surface area contributed by atoms with E-state index in [4.69, 9.17) is 5.11 Å². The van der Waals surface area contributed by atoms with E-state index in [1.54, 1.807) is 0 Å². The first-order valence-electron chi connectivity index (χ1n) is 5.94. The summed E-state index contributed by atoms with van der Waals surface area (Å²) in [5, 5.41) is 9.05. The standard InChI is InChI=1S/C13H11FN2O3/c1-6-10(14)5-16-11(15-6)8(7-2-3-7)4-9(12(16)17)13(18)19/h4-5,7H,2-3H2,1H3,(H,18,19). The smallest absolute Gasteiger partial charge is 0.341 e. The molecule has 0 aliphatic heterocycles. The van der Waals surface area contributed by atoms with Crippen LogP contribution in [0.4, 0.5) is 4.39 Å². The number of hydrogen-bond acceptors (Lipinski definition) is 3. The van der Waals surface area contributed by atoms with Crippen LogP contribution in [-0.2, 0) is 0 Å². The van der Waals surface area contributed by atoms with Crippen LogP contribution in [0.25, 0.3) is 5.65 Å². The molecule has 0 aromatic carbocycles. The van der Waals surface area contributed by atoms with E-state index in [-0.39, 0.29) is 17.2 Å². The molecule has 1 N–H and O–H groups in total. The van der Waals surface area contributed by atoms with Gasteiger partial charge in [0.05, 0.1) is 11.9 Å². The third-order valence-electron chi connectivity index (χ3n) is 3.34. The zero-order valence-corrected chi connectivity index (χ0v) is 10.2. The van der Waals surface area contributed by atoms with Crippen molar-refractivity contribution in [3.63, 3.8) is 0 Å². The molecular formula is C13H11FN2O3. The summed E-state index contributed by atoms with van der Waals surface area (Å²) in [4.78, 5) is 27.2. The lowest BCUT2D eigenvalue weighted by Gasteiger charge is -2.09. The number of halogens is 1. The number of aromatic carboxylic acids is 1. The average Bonchev–Trinajstić information content (AvgIpc) is 3.16. The van der Waals surface area contributed by atoms with Crippen molar-refractivity contribution in [3.8, 4) is 0 Å². The number of carboxylic acids is 1. The van der Waals surface area contributed by atoms with Gasteiger partial charge in [0.1, 0.15) is 11.2 Å². The second-order valence-electron chi connectivity index (χ2n) is 4.77. The number of pyridine rings is 1. The first kappa shape index (κ1) is 11.8. The van der Waals surface area contributed by atoms with Gasteiger partial charge in [-0.25, -0.2) is 14.2 Å². The van der Waals surface area contributed by atoms with Crippen LogP contribution in [0.15, 0.2) is 17.1 Å². The average molecular weight is 262 g/mol. The quantitative estimate of drug-likeness (QED) is 0.894. The van der Waals surface area contributed by atoms with Gasteiger partial charge in [-0.3, -0.25) is 9.20 Å². The second-order valence-corrected chi connectivity index (χ2v) is 4.77. The van der Waals surface area contributed by atoms with Crippen molar-refractivity contribution in [2.24, 2.45) is 0 Å². The predicted octanol–water partition coefficient (Wildman–Crippen LogP) is 1.72. The van der Waals surface area contributed by atoms with Crippen LogP contribution >= 0.6 is 0 Å². The summed E-state index contributed by atoms with van der Waals surface area (Å²) in [7, 11) is 0.